The first kappa shape index (κ1) is 21.1. The first-order chi connectivity index (χ1) is 13.9. The molecule has 7 heteroatoms. The van der Waals surface area contributed by atoms with Gasteiger partial charge in [-0.05, 0) is 42.7 Å². The minimum Gasteiger partial charge on any atom is -0.458 e. The maximum absolute atomic E-state index is 12.8. The van der Waals surface area contributed by atoms with Gasteiger partial charge in [0.05, 0.1) is 16.1 Å². The zero-order chi connectivity index (χ0) is 20.9. The van der Waals surface area contributed by atoms with E-state index >= 15 is 0 Å². The van der Waals surface area contributed by atoms with Gasteiger partial charge in [-0.2, -0.15) is 0 Å². The van der Waals surface area contributed by atoms with Crippen LogP contribution in [0.4, 0.5) is 5.69 Å². The van der Waals surface area contributed by atoms with Gasteiger partial charge in [0.15, 0.2) is 0 Å². The molecule has 2 aromatic rings. The highest BCUT2D eigenvalue weighted by atomic mass is 32.2. The number of anilines is 1. The Morgan fingerprint density at radius 1 is 1.10 bits per heavy atom. The lowest BCUT2D eigenvalue weighted by Crippen LogP contribution is -2.24. The Labute approximate surface area is 172 Å². The van der Waals surface area contributed by atoms with Crippen LogP contribution in [0.2, 0.25) is 0 Å². The van der Waals surface area contributed by atoms with Crippen molar-refractivity contribution in [1.82, 2.24) is 4.31 Å². The lowest BCUT2D eigenvalue weighted by molar-refractivity contribution is 0.0550. The van der Waals surface area contributed by atoms with Gasteiger partial charge in [-0.25, -0.2) is 17.5 Å². The molecule has 1 saturated heterocycles. The summed E-state index contributed by atoms with van der Waals surface area (Å²) in [6.07, 6.45) is 5.74. The molecule has 1 fully saturated rings. The molecule has 0 radical (unpaired) electrons. The SMILES string of the molecule is CN(C)S(=O)(=O)c1ccc(N2CCCC2)c(C(=O)OCC=Cc2ccccc2)c1. The van der Waals surface area contributed by atoms with Crippen LogP contribution in [0.5, 0.6) is 0 Å². The molecule has 0 bridgehead atoms. The van der Waals surface area contributed by atoms with Gasteiger partial charge in [0.25, 0.3) is 0 Å². The predicted molar refractivity (Wildman–Crippen MR) is 115 cm³/mol. The van der Waals surface area contributed by atoms with E-state index in [9.17, 15) is 13.2 Å². The molecule has 1 aliphatic heterocycles. The molecule has 0 saturated carbocycles. The Morgan fingerprint density at radius 2 is 1.79 bits per heavy atom. The van der Waals surface area contributed by atoms with Crippen molar-refractivity contribution >= 4 is 27.8 Å². The van der Waals surface area contributed by atoms with E-state index in [0.29, 0.717) is 0 Å². The largest absolute Gasteiger partial charge is 0.458 e. The van der Waals surface area contributed by atoms with Crippen LogP contribution in [0, 0.1) is 0 Å². The number of hydrogen-bond donors (Lipinski definition) is 0. The third-order valence-corrected chi connectivity index (χ3v) is 6.64. The summed E-state index contributed by atoms with van der Waals surface area (Å²) in [7, 11) is -0.705. The quantitative estimate of drug-likeness (QED) is 0.650. The van der Waals surface area contributed by atoms with Crippen LogP contribution in [-0.2, 0) is 14.8 Å². The maximum atomic E-state index is 12.8. The fraction of sp³-hybridized carbons (Fsp3) is 0.318. The number of benzene rings is 2. The third-order valence-electron chi connectivity index (χ3n) is 4.83. The number of nitrogens with zero attached hydrogens (tertiary/aromatic N) is 2. The fourth-order valence-corrected chi connectivity index (χ4v) is 4.16. The summed E-state index contributed by atoms with van der Waals surface area (Å²) in [4.78, 5) is 15.0. The van der Waals surface area contributed by atoms with E-state index in [1.165, 1.54) is 20.2 Å². The average Bonchev–Trinajstić information content (AvgIpc) is 3.26. The number of ether oxygens (including phenoxy) is 1. The van der Waals surface area contributed by atoms with Gasteiger partial charge in [0.1, 0.15) is 6.61 Å². The lowest BCUT2D eigenvalue weighted by atomic mass is 10.1. The van der Waals surface area contributed by atoms with Crippen molar-refractivity contribution in [3.8, 4) is 0 Å². The molecule has 1 aliphatic rings. The zero-order valence-corrected chi connectivity index (χ0v) is 17.6. The van der Waals surface area contributed by atoms with Crippen molar-refractivity contribution in [2.24, 2.45) is 0 Å². The van der Waals surface area contributed by atoms with Crippen molar-refractivity contribution < 1.29 is 17.9 Å². The summed E-state index contributed by atoms with van der Waals surface area (Å²) >= 11 is 0. The van der Waals surface area contributed by atoms with Gasteiger partial charge in [-0.1, -0.05) is 36.4 Å². The highest BCUT2D eigenvalue weighted by molar-refractivity contribution is 7.89. The zero-order valence-electron chi connectivity index (χ0n) is 16.7. The highest BCUT2D eigenvalue weighted by Gasteiger charge is 2.25. The number of sulfonamides is 1. The second-order valence-electron chi connectivity index (χ2n) is 7.07. The summed E-state index contributed by atoms with van der Waals surface area (Å²) in [5.74, 6) is -0.527. The maximum Gasteiger partial charge on any atom is 0.340 e. The topological polar surface area (TPSA) is 66.9 Å². The van der Waals surface area contributed by atoms with Crippen LogP contribution in [0.15, 0.2) is 59.5 Å². The molecule has 154 valence electrons. The molecule has 0 N–H and O–H groups in total. The fourth-order valence-electron chi connectivity index (χ4n) is 3.23. The molecule has 0 amide bonds. The van der Waals surface area contributed by atoms with Gasteiger partial charge in [-0.15, -0.1) is 0 Å². The minimum atomic E-state index is -3.64. The molecule has 0 aliphatic carbocycles. The number of carbonyl (C=O) groups is 1. The van der Waals surface area contributed by atoms with E-state index in [4.69, 9.17) is 4.74 Å². The van der Waals surface area contributed by atoms with Gasteiger partial charge >= 0.3 is 5.97 Å². The van der Waals surface area contributed by atoms with Crippen molar-refractivity contribution in [3.63, 3.8) is 0 Å². The Morgan fingerprint density at radius 3 is 2.45 bits per heavy atom. The highest BCUT2D eigenvalue weighted by Crippen LogP contribution is 2.28. The number of carbonyl (C=O) groups excluding carboxylic acids is 1. The Hall–Kier alpha value is -2.64. The van der Waals surface area contributed by atoms with Crippen LogP contribution >= 0.6 is 0 Å². The molecule has 3 rings (SSSR count). The van der Waals surface area contributed by atoms with Crippen LogP contribution in [0.25, 0.3) is 6.08 Å². The Kier molecular flexibility index (Phi) is 6.71. The van der Waals surface area contributed by atoms with Crippen LogP contribution < -0.4 is 4.90 Å². The van der Waals surface area contributed by atoms with E-state index in [-0.39, 0.29) is 17.1 Å². The molecule has 6 nitrogen and oxygen atoms in total. The molecule has 29 heavy (non-hydrogen) atoms. The van der Waals surface area contributed by atoms with Crippen molar-refractivity contribution in [1.29, 1.82) is 0 Å². The molecule has 0 spiro atoms. The molecule has 0 atom stereocenters. The summed E-state index contributed by atoms with van der Waals surface area (Å²) in [5.41, 5.74) is 2.01. The second-order valence-corrected chi connectivity index (χ2v) is 9.22. The first-order valence-electron chi connectivity index (χ1n) is 9.60. The summed E-state index contributed by atoms with van der Waals surface area (Å²) < 4.78 is 31.6. The number of esters is 1. The van der Waals surface area contributed by atoms with Crippen molar-refractivity contribution in [2.75, 3.05) is 38.7 Å². The van der Waals surface area contributed by atoms with Gasteiger partial charge in [0, 0.05) is 27.2 Å². The van der Waals surface area contributed by atoms with Crippen LogP contribution in [0.1, 0.15) is 28.8 Å². The molecule has 1 heterocycles. The first-order valence-corrected chi connectivity index (χ1v) is 11.0. The van der Waals surface area contributed by atoms with E-state index in [0.717, 1.165) is 41.5 Å². The molecular weight excluding hydrogens is 388 g/mol. The summed E-state index contributed by atoms with van der Waals surface area (Å²) in [6, 6.07) is 14.4. The van der Waals surface area contributed by atoms with Crippen LogP contribution in [-0.4, -0.2) is 52.5 Å². The normalized spacial score (nSPS) is 14.7. The molecule has 0 aromatic heterocycles. The monoisotopic (exact) mass is 414 g/mol. The van der Waals surface area contributed by atoms with Gasteiger partial charge in [-0.3, -0.25) is 0 Å². The standard InChI is InChI=1S/C22H26N2O4S/c1-23(2)29(26,27)19-12-13-21(24-14-6-7-15-24)20(17-19)22(25)28-16-8-11-18-9-4-3-5-10-18/h3-5,8-13,17H,6-7,14-16H2,1-2H3. The van der Waals surface area contributed by atoms with E-state index < -0.39 is 16.0 Å². The Balaban J connectivity index is 1.82. The molecular formula is C22H26N2O4S. The summed E-state index contributed by atoms with van der Waals surface area (Å²) in [5, 5.41) is 0. The van der Waals surface area contributed by atoms with Gasteiger partial charge < -0.3 is 9.64 Å². The van der Waals surface area contributed by atoms with Gasteiger partial charge in [0.2, 0.25) is 10.0 Å². The molecule has 0 unspecified atom stereocenters. The van der Waals surface area contributed by atoms with Crippen molar-refractivity contribution in [3.05, 3.63) is 65.7 Å². The lowest BCUT2D eigenvalue weighted by Gasteiger charge is -2.22. The van der Waals surface area contributed by atoms with Crippen LogP contribution in [0.3, 0.4) is 0 Å². The number of hydrogen-bond acceptors (Lipinski definition) is 5. The smallest absolute Gasteiger partial charge is 0.340 e. The van der Waals surface area contributed by atoms with E-state index in [1.54, 1.807) is 18.2 Å². The van der Waals surface area contributed by atoms with E-state index in [2.05, 4.69) is 4.90 Å². The molecule has 2 aromatic carbocycles. The van der Waals surface area contributed by atoms with E-state index in [1.807, 2.05) is 36.4 Å². The third kappa shape index (κ3) is 5.05. The number of rotatable bonds is 7. The average molecular weight is 415 g/mol. The van der Waals surface area contributed by atoms with Crippen molar-refractivity contribution in [2.45, 2.75) is 17.7 Å². The predicted octanol–water partition coefficient (Wildman–Crippen LogP) is 3.41. The Bertz CT molecular complexity index is 979. The minimum absolute atomic E-state index is 0.0808. The summed E-state index contributed by atoms with van der Waals surface area (Å²) in [6.45, 7) is 1.79. The second kappa shape index (κ2) is 9.24.